The number of para-hydroxylation sites is 2. The van der Waals surface area contributed by atoms with E-state index in [1.165, 1.54) is 0 Å². The Hall–Kier alpha value is -6.92. The molecule has 0 N–H and O–H groups in total. The summed E-state index contributed by atoms with van der Waals surface area (Å²) in [6, 6.07) is 54.2. The average molecular weight is 659 g/mol. The summed E-state index contributed by atoms with van der Waals surface area (Å²) in [4.78, 5) is 9.33. The lowest BCUT2D eigenvalue weighted by molar-refractivity contribution is 0.310. The van der Waals surface area contributed by atoms with Gasteiger partial charge < -0.3 is 18.3 Å². The van der Waals surface area contributed by atoms with Crippen LogP contribution in [0.2, 0.25) is 0 Å². The maximum absolute atomic E-state index is 6.64. The predicted molar refractivity (Wildman–Crippen MR) is 208 cm³/mol. The Morgan fingerprint density at radius 3 is 1.90 bits per heavy atom. The van der Waals surface area contributed by atoms with Crippen molar-refractivity contribution in [3.8, 4) is 28.6 Å². The molecule has 0 unspecified atom stereocenters. The second kappa shape index (κ2) is 11.6. The molecule has 0 spiro atoms. The van der Waals surface area contributed by atoms with Gasteiger partial charge in [0.05, 0.1) is 22.1 Å². The van der Waals surface area contributed by atoms with Gasteiger partial charge in [-0.2, -0.15) is 0 Å². The van der Waals surface area contributed by atoms with Gasteiger partial charge in [0.25, 0.3) is 0 Å². The van der Waals surface area contributed by atoms with E-state index in [1.54, 1.807) is 0 Å². The molecule has 0 bridgehead atoms. The molecule has 0 saturated carbocycles. The van der Waals surface area contributed by atoms with Gasteiger partial charge in [-0.15, -0.1) is 0 Å². The zero-order valence-corrected chi connectivity index (χ0v) is 27.5. The van der Waals surface area contributed by atoms with E-state index in [-0.39, 0.29) is 0 Å². The normalized spacial score (nSPS) is 11.7. The Morgan fingerprint density at radius 1 is 0.588 bits per heavy atom. The van der Waals surface area contributed by atoms with E-state index in [9.17, 15) is 0 Å². The molecule has 10 aromatic rings. The molecule has 0 saturated heterocycles. The fourth-order valence-corrected chi connectivity index (χ4v) is 7.46. The first kappa shape index (κ1) is 29.0. The Balaban J connectivity index is 1.23. The minimum absolute atomic E-state index is 0.406. The first-order chi connectivity index (χ1) is 25.3. The Kier molecular flexibility index (Phi) is 6.61. The summed E-state index contributed by atoms with van der Waals surface area (Å²) in [5, 5.41) is 4.47. The van der Waals surface area contributed by atoms with Crippen molar-refractivity contribution < 1.29 is 9.15 Å². The van der Waals surface area contributed by atoms with Crippen LogP contribution in [0, 0.1) is 0 Å². The summed E-state index contributed by atoms with van der Waals surface area (Å²) >= 11 is 0. The van der Waals surface area contributed by atoms with E-state index in [0.29, 0.717) is 23.9 Å². The van der Waals surface area contributed by atoms with Gasteiger partial charge in [-0.25, -0.2) is 4.98 Å². The quantitative estimate of drug-likeness (QED) is 0.160. The summed E-state index contributed by atoms with van der Waals surface area (Å²) < 4.78 is 17.8. The van der Waals surface area contributed by atoms with Crippen LogP contribution in [0.15, 0.2) is 167 Å². The van der Waals surface area contributed by atoms with Gasteiger partial charge in [0.2, 0.25) is 5.89 Å². The summed E-state index contributed by atoms with van der Waals surface area (Å²) in [5.41, 5.74) is 10.4. The topological polar surface area (TPSA) is 57.5 Å². The fraction of sp³-hybridized carbons (Fsp3) is 0.0222. The monoisotopic (exact) mass is 658 g/mol. The number of ether oxygens (including phenoxy) is 1. The molecule has 51 heavy (non-hydrogen) atoms. The summed E-state index contributed by atoms with van der Waals surface area (Å²) in [6.45, 7) is 4.31. The van der Waals surface area contributed by atoms with Crippen molar-refractivity contribution in [2.24, 2.45) is 4.99 Å². The third-order valence-corrected chi connectivity index (χ3v) is 9.72. The Morgan fingerprint density at radius 2 is 1.20 bits per heavy atom. The summed E-state index contributed by atoms with van der Waals surface area (Å²) in [7, 11) is 0. The zero-order valence-electron chi connectivity index (χ0n) is 27.5. The average Bonchev–Trinajstić information content (AvgIpc) is 3.88. The first-order valence-electron chi connectivity index (χ1n) is 17.0. The van der Waals surface area contributed by atoms with Crippen LogP contribution in [-0.4, -0.2) is 20.8 Å². The predicted octanol–water partition coefficient (Wildman–Crippen LogP) is 11.6. The number of hydrogen-bond donors (Lipinski definition) is 0. The van der Waals surface area contributed by atoms with Crippen molar-refractivity contribution in [3.05, 3.63) is 163 Å². The lowest BCUT2D eigenvalue weighted by Crippen LogP contribution is -2.01. The van der Waals surface area contributed by atoms with Gasteiger partial charge >= 0.3 is 0 Å². The number of oxazole rings is 1. The smallest absolute Gasteiger partial charge is 0.227 e. The number of benzene rings is 7. The van der Waals surface area contributed by atoms with Crippen LogP contribution in [-0.2, 0) is 6.61 Å². The number of fused-ring (bicyclic) bond motifs is 8. The second-order valence-corrected chi connectivity index (χ2v) is 12.7. The van der Waals surface area contributed by atoms with Crippen LogP contribution >= 0.6 is 0 Å². The lowest BCUT2D eigenvalue weighted by atomic mass is 10.1. The van der Waals surface area contributed by atoms with Crippen LogP contribution in [0.4, 0.5) is 5.69 Å². The van der Waals surface area contributed by atoms with Crippen molar-refractivity contribution in [3.63, 3.8) is 0 Å². The zero-order chi connectivity index (χ0) is 33.9. The molecule has 0 fully saturated rings. The molecule has 0 aliphatic heterocycles. The van der Waals surface area contributed by atoms with Crippen molar-refractivity contribution in [1.82, 2.24) is 14.1 Å². The molecule has 6 heteroatoms. The van der Waals surface area contributed by atoms with E-state index in [4.69, 9.17) is 14.1 Å². The molecular weight excluding hydrogens is 629 g/mol. The van der Waals surface area contributed by atoms with E-state index in [0.717, 1.165) is 77.2 Å². The maximum Gasteiger partial charge on any atom is 0.227 e. The van der Waals surface area contributed by atoms with Crippen molar-refractivity contribution in [2.75, 3.05) is 0 Å². The highest BCUT2D eigenvalue weighted by molar-refractivity contribution is 6.17. The molecule has 0 aliphatic carbocycles. The molecule has 242 valence electrons. The highest BCUT2D eigenvalue weighted by atomic mass is 16.5. The van der Waals surface area contributed by atoms with Crippen LogP contribution in [0.5, 0.6) is 5.75 Å². The first-order valence-corrected chi connectivity index (χ1v) is 17.0. The van der Waals surface area contributed by atoms with Crippen LogP contribution in [0.25, 0.3) is 77.5 Å². The highest BCUT2D eigenvalue weighted by Gasteiger charge is 2.22. The summed E-state index contributed by atoms with van der Waals surface area (Å²) in [5.74, 6) is 1.30. The van der Waals surface area contributed by atoms with Crippen molar-refractivity contribution in [1.29, 1.82) is 0 Å². The SMILES string of the molecule is C=Nc1ccc2c3ccccc3n(-c3cccc(-n4c5ccccc5c5ccc6nc(-c7ccccc7)oc6c54)c3)c2c1OCc1ccccc1. The molecular formula is C45H30N4O2. The van der Waals surface area contributed by atoms with Crippen LogP contribution in [0.1, 0.15) is 5.56 Å². The maximum atomic E-state index is 6.64. The standard InChI is InChI=1S/C45H30N4O2/c1-46-37-25-23-35-33-19-8-10-21-39(33)48(41(35)43(37)50-28-29-13-4-2-5-14-29)31-17-12-18-32(27-31)49-40-22-11-9-20-34(40)36-24-26-38-44(42(36)49)51-45(47-38)30-15-6-3-7-16-30/h2-27H,1,28H2. The number of nitrogens with zero attached hydrogens (tertiary/aromatic N) is 4. The molecule has 7 aromatic carbocycles. The van der Waals surface area contributed by atoms with Gasteiger partial charge in [-0.05, 0) is 79.0 Å². The van der Waals surface area contributed by atoms with E-state index in [1.807, 2.05) is 54.6 Å². The molecule has 0 radical (unpaired) electrons. The molecule has 6 nitrogen and oxygen atoms in total. The van der Waals surface area contributed by atoms with E-state index >= 15 is 0 Å². The van der Waals surface area contributed by atoms with Gasteiger partial charge in [-0.1, -0.05) is 91.0 Å². The Labute approximate surface area is 293 Å². The third-order valence-electron chi connectivity index (χ3n) is 9.72. The molecule has 3 aromatic heterocycles. The minimum Gasteiger partial charge on any atom is -0.484 e. The van der Waals surface area contributed by atoms with Crippen LogP contribution < -0.4 is 4.74 Å². The molecule has 0 atom stereocenters. The Bertz CT molecular complexity index is 2940. The van der Waals surface area contributed by atoms with E-state index in [2.05, 4.69) is 124 Å². The molecule has 0 aliphatic rings. The number of aromatic nitrogens is 3. The van der Waals surface area contributed by atoms with Gasteiger partial charge in [0, 0.05) is 38.5 Å². The third kappa shape index (κ3) is 4.57. The number of aliphatic imine (C=N–C) groups is 1. The largest absolute Gasteiger partial charge is 0.484 e. The highest BCUT2D eigenvalue weighted by Crippen LogP contribution is 2.44. The second-order valence-electron chi connectivity index (χ2n) is 12.7. The number of hydrogen-bond acceptors (Lipinski definition) is 4. The van der Waals surface area contributed by atoms with Gasteiger partial charge in [-0.3, -0.25) is 4.99 Å². The van der Waals surface area contributed by atoms with E-state index < -0.39 is 0 Å². The van der Waals surface area contributed by atoms with Gasteiger partial charge in [0.1, 0.15) is 17.8 Å². The lowest BCUT2D eigenvalue weighted by Gasteiger charge is -2.16. The van der Waals surface area contributed by atoms with Crippen molar-refractivity contribution >= 4 is 67.1 Å². The number of rotatable bonds is 7. The molecule has 10 rings (SSSR count). The molecule has 3 heterocycles. The van der Waals surface area contributed by atoms with Crippen LogP contribution in [0.3, 0.4) is 0 Å². The molecule has 0 amide bonds. The fourth-order valence-electron chi connectivity index (χ4n) is 7.46. The van der Waals surface area contributed by atoms with Crippen molar-refractivity contribution in [2.45, 2.75) is 6.61 Å². The minimum atomic E-state index is 0.406. The van der Waals surface area contributed by atoms with Gasteiger partial charge in [0.15, 0.2) is 11.3 Å². The summed E-state index contributed by atoms with van der Waals surface area (Å²) in [6.07, 6.45) is 0.